The van der Waals surface area contributed by atoms with Crippen molar-refractivity contribution >= 4 is 12.0 Å². The number of rotatable bonds is 5. The monoisotopic (exact) mass is 534 g/mol. The number of aromatic nitrogens is 2. The van der Waals surface area contributed by atoms with Gasteiger partial charge in [0.15, 0.2) is 5.60 Å². The molecule has 4 aliphatic carbocycles. The maximum Gasteiger partial charge on any atom is 0.338 e. The fourth-order valence-corrected chi connectivity index (χ4v) is 10.3. The first-order valence-corrected chi connectivity index (χ1v) is 15.0. The minimum atomic E-state index is -1.42. The van der Waals surface area contributed by atoms with Crippen molar-refractivity contribution in [3.63, 3.8) is 0 Å². The third kappa shape index (κ3) is 3.45. The lowest BCUT2D eigenvalue weighted by molar-refractivity contribution is -0.210. The zero-order chi connectivity index (χ0) is 27.8. The number of carbonyl (C=O) groups excluding carboxylic acids is 1. The van der Waals surface area contributed by atoms with E-state index in [0.717, 1.165) is 56.3 Å². The quantitative estimate of drug-likeness (QED) is 0.424. The highest BCUT2D eigenvalue weighted by Crippen LogP contribution is 2.75. The summed E-state index contributed by atoms with van der Waals surface area (Å²) in [7, 11) is 0. The second-order valence-electron chi connectivity index (χ2n) is 13.2. The lowest BCUT2D eigenvalue weighted by Crippen LogP contribution is -2.64. The summed E-state index contributed by atoms with van der Waals surface area (Å²) in [6.45, 7) is 11.4. The molecule has 0 aliphatic heterocycles. The maximum atomic E-state index is 13.6. The summed E-state index contributed by atoms with van der Waals surface area (Å²) in [5.74, 6) is 0.467. The average molecular weight is 535 g/mol. The van der Waals surface area contributed by atoms with Gasteiger partial charge in [-0.1, -0.05) is 39.7 Å². The summed E-state index contributed by atoms with van der Waals surface area (Å²) in [6, 6.07) is 6.56. The summed E-state index contributed by atoms with van der Waals surface area (Å²) in [5, 5.41) is 16.7. The van der Waals surface area contributed by atoms with Gasteiger partial charge in [0, 0.05) is 5.41 Å². The SMILES string of the molecule is CCOC(=O)[C@@]1(O)CC[C@H]2[C@]3(CC)CCC4=Cc5c(cnn5-c5ccc(F)cc5)C[C@]4(C)[C@H]3C(CC)C[C@@]21C. The predicted molar refractivity (Wildman–Crippen MR) is 150 cm³/mol. The Labute approximate surface area is 231 Å². The Bertz CT molecular complexity index is 1320. The molecule has 6 heteroatoms. The first kappa shape index (κ1) is 26.7. The van der Waals surface area contributed by atoms with Crippen molar-refractivity contribution < 1.29 is 19.0 Å². The second kappa shape index (κ2) is 9.02. The van der Waals surface area contributed by atoms with Crippen LogP contribution in [0.15, 0.2) is 36.0 Å². The molecular formula is C33H43FN2O3. The largest absolute Gasteiger partial charge is 0.464 e. The van der Waals surface area contributed by atoms with Gasteiger partial charge >= 0.3 is 5.97 Å². The van der Waals surface area contributed by atoms with Crippen LogP contribution in [0.25, 0.3) is 11.8 Å². The summed E-state index contributed by atoms with van der Waals surface area (Å²) >= 11 is 0. The lowest BCUT2D eigenvalue weighted by atomic mass is 9.37. The zero-order valence-corrected chi connectivity index (χ0v) is 24.1. The molecule has 39 heavy (non-hydrogen) atoms. The molecule has 2 aromatic rings. The molecule has 3 fully saturated rings. The summed E-state index contributed by atoms with van der Waals surface area (Å²) in [5.41, 5.74) is 2.87. The van der Waals surface area contributed by atoms with Gasteiger partial charge in [-0.15, -0.1) is 0 Å². The molecular weight excluding hydrogens is 491 g/mol. The van der Waals surface area contributed by atoms with E-state index in [2.05, 4.69) is 33.8 Å². The van der Waals surface area contributed by atoms with E-state index in [9.17, 15) is 14.3 Å². The van der Waals surface area contributed by atoms with Gasteiger partial charge < -0.3 is 9.84 Å². The molecule has 0 radical (unpaired) electrons. The normalized spacial score (nSPS) is 38.7. The van der Waals surface area contributed by atoms with Crippen LogP contribution in [0, 0.1) is 39.8 Å². The van der Waals surface area contributed by atoms with Gasteiger partial charge in [0.05, 0.1) is 24.2 Å². The van der Waals surface area contributed by atoms with Crippen molar-refractivity contribution in [1.82, 2.24) is 9.78 Å². The maximum absolute atomic E-state index is 13.6. The Hall–Kier alpha value is -2.47. The van der Waals surface area contributed by atoms with E-state index in [1.54, 1.807) is 12.1 Å². The predicted octanol–water partition coefficient (Wildman–Crippen LogP) is 6.90. The Morgan fingerprint density at radius 2 is 1.92 bits per heavy atom. The van der Waals surface area contributed by atoms with Gasteiger partial charge in [0.2, 0.25) is 0 Å². The van der Waals surface area contributed by atoms with Crippen molar-refractivity contribution in [3.05, 3.63) is 53.1 Å². The first-order valence-electron chi connectivity index (χ1n) is 15.0. The average Bonchev–Trinajstić information content (AvgIpc) is 3.45. The van der Waals surface area contributed by atoms with Crippen LogP contribution in [0.4, 0.5) is 4.39 Å². The van der Waals surface area contributed by atoms with Crippen LogP contribution in [0.3, 0.4) is 0 Å². The lowest BCUT2D eigenvalue weighted by Gasteiger charge is -2.67. The summed E-state index contributed by atoms with van der Waals surface area (Å²) in [4.78, 5) is 13.2. The number of aliphatic hydroxyl groups is 1. The van der Waals surface area contributed by atoms with Gasteiger partial charge in [-0.25, -0.2) is 13.9 Å². The van der Waals surface area contributed by atoms with E-state index in [1.165, 1.54) is 23.3 Å². The van der Waals surface area contributed by atoms with Crippen molar-refractivity contribution in [1.29, 1.82) is 0 Å². The van der Waals surface area contributed by atoms with Crippen LogP contribution in [0.2, 0.25) is 0 Å². The number of ether oxygens (including phenoxy) is 1. The minimum Gasteiger partial charge on any atom is -0.464 e. The molecule has 7 atom stereocenters. The fraction of sp³-hybridized carbons (Fsp3) is 0.636. The number of esters is 1. The Balaban J connectivity index is 1.43. The highest BCUT2D eigenvalue weighted by Gasteiger charge is 2.73. The molecule has 0 spiro atoms. The fourth-order valence-electron chi connectivity index (χ4n) is 10.3. The number of nitrogens with zero attached hydrogens (tertiary/aromatic N) is 2. The van der Waals surface area contributed by atoms with E-state index in [1.807, 2.05) is 17.8 Å². The molecule has 210 valence electrons. The van der Waals surface area contributed by atoms with Gasteiger partial charge in [-0.3, -0.25) is 0 Å². The Morgan fingerprint density at radius 3 is 2.59 bits per heavy atom. The van der Waals surface area contributed by atoms with E-state index in [4.69, 9.17) is 9.84 Å². The smallest absolute Gasteiger partial charge is 0.338 e. The molecule has 5 nitrogen and oxygen atoms in total. The number of fused-ring (bicyclic) bond motifs is 6. The number of halogens is 1. The summed E-state index contributed by atoms with van der Waals surface area (Å²) in [6.07, 6.45) is 11.7. The Morgan fingerprint density at radius 1 is 1.18 bits per heavy atom. The standard InChI is InChI=1S/C33H43FN2O3/c1-6-21-19-31(5)27(14-16-33(31,38)29(37)39-8-3)32(7-2)15-13-23-17-26-22(18-30(23,4)28(21)32)20-35-36(26)25-11-9-24(34)10-12-25/h9-12,17,20-21,27-28,38H,6-8,13-16,18-19H2,1-5H3/t21?,27-,28-,30+,31+,32+,33+/m1/s1. The summed E-state index contributed by atoms with van der Waals surface area (Å²) < 4.78 is 21.0. The van der Waals surface area contributed by atoms with Crippen LogP contribution < -0.4 is 0 Å². The van der Waals surface area contributed by atoms with E-state index in [-0.39, 0.29) is 22.6 Å². The second-order valence-corrected chi connectivity index (χ2v) is 13.2. The molecule has 1 heterocycles. The van der Waals surface area contributed by atoms with Crippen LogP contribution >= 0.6 is 0 Å². The Kier molecular flexibility index (Phi) is 6.18. The van der Waals surface area contributed by atoms with E-state index >= 15 is 0 Å². The molecule has 0 bridgehead atoms. The molecule has 3 saturated carbocycles. The molecule has 1 unspecified atom stereocenters. The molecule has 0 saturated heterocycles. The van der Waals surface area contributed by atoms with Crippen molar-refractivity contribution in [2.75, 3.05) is 6.61 Å². The first-order chi connectivity index (χ1) is 18.6. The molecule has 6 rings (SSSR count). The van der Waals surface area contributed by atoms with Crippen molar-refractivity contribution in [2.45, 2.75) is 91.6 Å². The van der Waals surface area contributed by atoms with Gasteiger partial charge in [0.1, 0.15) is 5.82 Å². The highest BCUT2D eigenvalue weighted by atomic mass is 19.1. The topological polar surface area (TPSA) is 64.3 Å². The van der Waals surface area contributed by atoms with E-state index < -0.39 is 17.0 Å². The van der Waals surface area contributed by atoms with Crippen LogP contribution in [0.5, 0.6) is 0 Å². The van der Waals surface area contributed by atoms with Crippen LogP contribution in [0.1, 0.15) is 90.8 Å². The third-order valence-corrected chi connectivity index (χ3v) is 11.9. The van der Waals surface area contributed by atoms with Crippen molar-refractivity contribution in [2.24, 2.45) is 34.0 Å². The van der Waals surface area contributed by atoms with Crippen molar-refractivity contribution in [3.8, 4) is 5.69 Å². The third-order valence-electron chi connectivity index (χ3n) is 11.9. The van der Waals surface area contributed by atoms with Crippen LogP contribution in [-0.2, 0) is 16.0 Å². The van der Waals surface area contributed by atoms with Gasteiger partial charge in [0.25, 0.3) is 0 Å². The number of allylic oxidation sites excluding steroid dienone is 1. The number of benzene rings is 1. The van der Waals surface area contributed by atoms with Gasteiger partial charge in [-0.05, 0) is 116 Å². The van der Waals surface area contributed by atoms with Gasteiger partial charge in [-0.2, -0.15) is 5.10 Å². The van der Waals surface area contributed by atoms with Crippen LogP contribution in [-0.4, -0.2) is 33.1 Å². The number of hydrogen-bond donors (Lipinski definition) is 1. The molecule has 4 aliphatic rings. The number of hydrogen-bond acceptors (Lipinski definition) is 4. The van der Waals surface area contributed by atoms with E-state index in [0.29, 0.717) is 24.9 Å². The molecule has 1 aromatic carbocycles. The molecule has 0 amide bonds. The molecule has 1 aromatic heterocycles. The zero-order valence-electron chi connectivity index (χ0n) is 24.1. The molecule has 1 N–H and O–H groups in total. The number of carbonyl (C=O) groups is 1. The minimum absolute atomic E-state index is 0.00937. The highest BCUT2D eigenvalue weighted by molar-refractivity contribution is 5.81.